The molecule has 0 radical (unpaired) electrons. The Labute approximate surface area is 81.3 Å². The maximum atomic E-state index is 10.8. The van der Waals surface area contributed by atoms with E-state index in [9.17, 15) is 9.90 Å². The lowest BCUT2D eigenvalue weighted by Crippen LogP contribution is -2.21. The molecule has 0 amide bonds. The number of rotatable bonds is 4. The van der Waals surface area contributed by atoms with Crippen molar-refractivity contribution in [2.45, 2.75) is 18.9 Å². The van der Waals surface area contributed by atoms with Gasteiger partial charge in [0.25, 0.3) is 0 Å². The highest BCUT2D eigenvalue weighted by atomic mass is 16.4. The highest BCUT2D eigenvalue weighted by Crippen LogP contribution is 2.34. The van der Waals surface area contributed by atoms with Gasteiger partial charge < -0.3 is 20.4 Å². The van der Waals surface area contributed by atoms with E-state index in [-0.39, 0.29) is 31.6 Å². The summed E-state index contributed by atoms with van der Waals surface area (Å²) in [5, 5.41) is 36.0. The lowest BCUT2D eigenvalue weighted by Gasteiger charge is -2.14. The standard InChI is InChI=1S/C9H14O5/c10-2-1-6-7(12)3-5(4-11)8(6)9(13)14/h6-7,10-12H,1-4H2,(H,13,14)/t6-,7+/m0/s1. The van der Waals surface area contributed by atoms with Crippen molar-refractivity contribution >= 4 is 5.97 Å². The zero-order valence-electron chi connectivity index (χ0n) is 7.68. The normalized spacial score (nSPS) is 27.1. The average molecular weight is 202 g/mol. The molecule has 5 heteroatoms. The summed E-state index contributed by atoms with van der Waals surface area (Å²) in [5.41, 5.74) is 0.428. The van der Waals surface area contributed by atoms with Crippen molar-refractivity contribution in [3.8, 4) is 0 Å². The van der Waals surface area contributed by atoms with Crippen LogP contribution < -0.4 is 0 Å². The van der Waals surface area contributed by atoms with E-state index in [1.54, 1.807) is 0 Å². The first-order valence-electron chi connectivity index (χ1n) is 4.46. The first-order chi connectivity index (χ1) is 6.61. The second kappa shape index (κ2) is 4.54. The maximum Gasteiger partial charge on any atom is 0.331 e. The quantitative estimate of drug-likeness (QED) is 0.474. The smallest absolute Gasteiger partial charge is 0.331 e. The third-order valence-corrected chi connectivity index (χ3v) is 2.53. The van der Waals surface area contributed by atoms with Gasteiger partial charge in [-0.05, 0) is 18.4 Å². The molecule has 0 bridgehead atoms. The van der Waals surface area contributed by atoms with Crippen LogP contribution in [-0.4, -0.2) is 45.7 Å². The molecule has 0 aliphatic heterocycles. The Morgan fingerprint density at radius 3 is 2.50 bits per heavy atom. The molecule has 80 valence electrons. The first-order valence-corrected chi connectivity index (χ1v) is 4.46. The van der Waals surface area contributed by atoms with Crippen LogP contribution in [0.25, 0.3) is 0 Å². The molecule has 1 aliphatic carbocycles. The van der Waals surface area contributed by atoms with E-state index in [0.29, 0.717) is 5.57 Å². The predicted octanol–water partition coefficient (Wildman–Crippen LogP) is -0.877. The van der Waals surface area contributed by atoms with Crippen LogP contribution in [0.2, 0.25) is 0 Å². The van der Waals surface area contributed by atoms with Gasteiger partial charge in [-0.2, -0.15) is 0 Å². The van der Waals surface area contributed by atoms with E-state index < -0.39 is 18.0 Å². The van der Waals surface area contributed by atoms with Crippen LogP contribution in [0, 0.1) is 5.92 Å². The fourth-order valence-electron chi connectivity index (χ4n) is 1.89. The summed E-state index contributed by atoms with van der Waals surface area (Å²) in [5.74, 6) is -1.68. The van der Waals surface area contributed by atoms with Crippen molar-refractivity contribution in [1.82, 2.24) is 0 Å². The van der Waals surface area contributed by atoms with Gasteiger partial charge in [-0.1, -0.05) is 0 Å². The van der Waals surface area contributed by atoms with Crippen LogP contribution in [0.1, 0.15) is 12.8 Å². The van der Waals surface area contributed by atoms with Crippen LogP contribution in [0.3, 0.4) is 0 Å². The molecule has 5 nitrogen and oxygen atoms in total. The van der Waals surface area contributed by atoms with Crippen molar-refractivity contribution in [2.75, 3.05) is 13.2 Å². The molecule has 14 heavy (non-hydrogen) atoms. The second-order valence-corrected chi connectivity index (χ2v) is 3.37. The Kier molecular flexibility index (Phi) is 3.62. The highest BCUT2D eigenvalue weighted by Gasteiger charge is 2.36. The van der Waals surface area contributed by atoms with Gasteiger partial charge >= 0.3 is 5.97 Å². The van der Waals surface area contributed by atoms with E-state index >= 15 is 0 Å². The van der Waals surface area contributed by atoms with Gasteiger partial charge in [-0.25, -0.2) is 4.79 Å². The van der Waals surface area contributed by atoms with Gasteiger partial charge in [0.1, 0.15) is 0 Å². The molecular formula is C9H14O5. The molecule has 0 aromatic heterocycles. The average Bonchev–Trinajstić information content (AvgIpc) is 2.44. The summed E-state index contributed by atoms with van der Waals surface area (Å²) in [7, 11) is 0. The number of aliphatic hydroxyl groups is 3. The van der Waals surface area contributed by atoms with E-state index in [4.69, 9.17) is 15.3 Å². The molecule has 0 aromatic rings. The number of hydrogen-bond donors (Lipinski definition) is 4. The lowest BCUT2D eigenvalue weighted by atomic mass is 9.95. The van der Waals surface area contributed by atoms with Gasteiger partial charge in [0.05, 0.1) is 12.7 Å². The maximum absolute atomic E-state index is 10.8. The Hall–Kier alpha value is -0.910. The monoisotopic (exact) mass is 202 g/mol. The molecule has 1 rings (SSSR count). The van der Waals surface area contributed by atoms with Gasteiger partial charge in [0.15, 0.2) is 0 Å². The number of carboxylic acids is 1. The van der Waals surface area contributed by atoms with Crippen molar-refractivity contribution in [3.63, 3.8) is 0 Å². The van der Waals surface area contributed by atoms with E-state index in [0.717, 1.165) is 0 Å². The molecule has 0 spiro atoms. The molecule has 0 saturated carbocycles. The van der Waals surface area contributed by atoms with Crippen molar-refractivity contribution in [1.29, 1.82) is 0 Å². The first kappa shape index (κ1) is 11.2. The van der Waals surface area contributed by atoms with Gasteiger partial charge in [0, 0.05) is 18.1 Å². The summed E-state index contributed by atoms with van der Waals surface area (Å²) in [6.45, 7) is -0.516. The van der Waals surface area contributed by atoms with Crippen molar-refractivity contribution in [3.05, 3.63) is 11.1 Å². The number of hydrogen-bond acceptors (Lipinski definition) is 4. The minimum atomic E-state index is -1.12. The summed E-state index contributed by atoms with van der Waals surface area (Å²) in [4.78, 5) is 10.8. The number of aliphatic hydroxyl groups excluding tert-OH is 3. The molecule has 1 aliphatic rings. The third kappa shape index (κ3) is 1.95. The Balaban J connectivity index is 2.92. The summed E-state index contributed by atoms with van der Waals surface area (Å²) in [6, 6.07) is 0. The second-order valence-electron chi connectivity index (χ2n) is 3.37. The molecular weight excluding hydrogens is 188 g/mol. The molecule has 0 saturated heterocycles. The van der Waals surface area contributed by atoms with Crippen LogP contribution in [0.4, 0.5) is 0 Å². The largest absolute Gasteiger partial charge is 0.478 e. The van der Waals surface area contributed by atoms with Crippen molar-refractivity contribution in [2.24, 2.45) is 5.92 Å². The minimum Gasteiger partial charge on any atom is -0.478 e. The third-order valence-electron chi connectivity index (χ3n) is 2.53. The predicted molar refractivity (Wildman–Crippen MR) is 47.6 cm³/mol. The minimum absolute atomic E-state index is 0.0639. The fourth-order valence-corrected chi connectivity index (χ4v) is 1.89. The molecule has 0 unspecified atom stereocenters. The van der Waals surface area contributed by atoms with E-state index in [2.05, 4.69) is 0 Å². The van der Waals surface area contributed by atoms with Crippen LogP contribution in [0.5, 0.6) is 0 Å². The topological polar surface area (TPSA) is 98.0 Å². The molecule has 0 heterocycles. The zero-order chi connectivity index (χ0) is 10.7. The Morgan fingerprint density at radius 1 is 1.43 bits per heavy atom. The summed E-state index contributed by atoms with van der Waals surface area (Å²) in [6.07, 6.45) is -0.398. The van der Waals surface area contributed by atoms with Gasteiger partial charge in [-0.15, -0.1) is 0 Å². The van der Waals surface area contributed by atoms with Crippen LogP contribution >= 0.6 is 0 Å². The molecule has 0 aromatic carbocycles. The van der Waals surface area contributed by atoms with E-state index in [1.807, 2.05) is 0 Å². The molecule has 2 atom stereocenters. The lowest BCUT2D eigenvalue weighted by molar-refractivity contribution is -0.133. The van der Waals surface area contributed by atoms with E-state index in [1.165, 1.54) is 0 Å². The molecule has 4 N–H and O–H groups in total. The van der Waals surface area contributed by atoms with Gasteiger partial charge in [0.2, 0.25) is 0 Å². The Morgan fingerprint density at radius 2 is 2.07 bits per heavy atom. The van der Waals surface area contributed by atoms with Crippen LogP contribution in [0.15, 0.2) is 11.1 Å². The SMILES string of the molecule is O=C(O)C1=C(CO)C[C@@H](O)[C@@H]1CCO. The molecule has 0 fully saturated rings. The summed E-state index contributed by atoms with van der Waals surface area (Å²) >= 11 is 0. The van der Waals surface area contributed by atoms with Crippen molar-refractivity contribution < 1.29 is 25.2 Å². The fraction of sp³-hybridized carbons (Fsp3) is 0.667. The number of aliphatic carboxylic acids is 1. The number of carboxylic acid groups (broad SMARTS) is 1. The van der Waals surface area contributed by atoms with Gasteiger partial charge in [-0.3, -0.25) is 0 Å². The zero-order valence-corrected chi connectivity index (χ0v) is 7.68. The summed E-state index contributed by atoms with van der Waals surface area (Å²) < 4.78 is 0. The Bertz CT molecular complexity index is 258. The highest BCUT2D eigenvalue weighted by molar-refractivity contribution is 5.89. The number of carbonyl (C=O) groups is 1. The van der Waals surface area contributed by atoms with Crippen LogP contribution in [-0.2, 0) is 4.79 Å².